The fourth-order valence-electron chi connectivity index (χ4n) is 3.74. The molecule has 2 aromatic rings. The highest BCUT2D eigenvalue weighted by Crippen LogP contribution is 2.19. The first-order chi connectivity index (χ1) is 14.7. The van der Waals surface area contributed by atoms with Crippen LogP contribution in [0.1, 0.15) is 29.0 Å². The summed E-state index contributed by atoms with van der Waals surface area (Å²) in [6.07, 6.45) is 5.38. The molecule has 0 unspecified atom stereocenters. The molecule has 3 amide bonds. The SMILES string of the molecule is O=C(NC[C@H]1CCCO1)c1cccnc1N1CCN(C(=O)NCc2ccco2)CC1. The largest absolute Gasteiger partial charge is 0.467 e. The van der Waals surface area contributed by atoms with Gasteiger partial charge in [0.25, 0.3) is 5.91 Å². The molecule has 2 aliphatic rings. The summed E-state index contributed by atoms with van der Waals surface area (Å²) in [5.41, 5.74) is 0.547. The second-order valence-corrected chi connectivity index (χ2v) is 7.43. The number of amides is 3. The standard InChI is InChI=1S/C21H27N5O4/c27-20(23-14-16-4-2-12-29-16)18-6-1-7-22-19(18)25-8-10-26(11-9-25)21(28)24-15-17-5-3-13-30-17/h1,3,5-7,13,16H,2,4,8-12,14-15H2,(H,23,27)(H,24,28)/t16-/m1/s1. The van der Waals surface area contributed by atoms with Crippen LogP contribution in [0.3, 0.4) is 0 Å². The Morgan fingerprint density at radius 1 is 1.13 bits per heavy atom. The van der Waals surface area contributed by atoms with Crippen LogP contribution in [0, 0.1) is 0 Å². The van der Waals surface area contributed by atoms with Crippen molar-refractivity contribution in [3.63, 3.8) is 0 Å². The van der Waals surface area contributed by atoms with Gasteiger partial charge < -0.3 is 29.6 Å². The molecule has 1 atom stereocenters. The fraction of sp³-hybridized carbons (Fsp3) is 0.476. The molecule has 0 bridgehead atoms. The van der Waals surface area contributed by atoms with Crippen molar-refractivity contribution in [1.82, 2.24) is 20.5 Å². The highest BCUT2D eigenvalue weighted by Gasteiger charge is 2.25. The van der Waals surface area contributed by atoms with Gasteiger partial charge in [-0.15, -0.1) is 0 Å². The van der Waals surface area contributed by atoms with Gasteiger partial charge in [0, 0.05) is 45.5 Å². The smallest absolute Gasteiger partial charge is 0.317 e. The maximum atomic E-state index is 12.7. The summed E-state index contributed by atoms with van der Waals surface area (Å²) in [5.74, 6) is 1.22. The average Bonchev–Trinajstić information content (AvgIpc) is 3.50. The summed E-state index contributed by atoms with van der Waals surface area (Å²) in [4.78, 5) is 33.4. The molecule has 4 heterocycles. The van der Waals surface area contributed by atoms with E-state index in [9.17, 15) is 9.59 Å². The van der Waals surface area contributed by atoms with E-state index >= 15 is 0 Å². The molecule has 0 radical (unpaired) electrons. The number of nitrogens with one attached hydrogen (secondary N) is 2. The zero-order chi connectivity index (χ0) is 20.8. The van der Waals surface area contributed by atoms with Crippen LogP contribution >= 0.6 is 0 Å². The van der Waals surface area contributed by atoms with Crippen molar-refractivity contribution in [3.8, 4) is 0 Å². The van der Waals surface area contributed by atoms with E-state index < -0.39 is 0 Å². The summed E-state index contributed by atoms with van der Waals surface area (Å²) in [7, 11) is 0. The molecular weight excluding hydrogens is 386 g/mol. The molecule has 2 aromatic heterocycles. The molecule has 2 aliphatic heterocycles. The Balaban J connectivity index is 1.30. The van der Waals surface area contributed by atoms with Gasteiger partial charge in [-0.05, 0) is 37.1 Å². The van der Waals surface area contributed by atoms with Crippen LogP contribution in [0.25, 0.3) is 0 Å². The number of urea groups is 1. The maximum Gasteiger partial charge on any atom is 0.317 e. The zero-order valence-corrected chi connectivity index (χ0v) is 16.9. The number of anilines is 1. The maximum absolute atomic E-state index is 12.7. The van der Waals surface area contributed by atoms with Gasteiger partial charge in [-0.25, -0.2) is 9.78 Å². The number of aromatic nitrogens is 1. The number of rotatable bonds is 6. The van der Waals surface area contributed by atoms with Gasteiger partial charge in [0.2, 0.25) is 0 Å². The van der Waals surface area contributed by atoms with Gasteiger partial charge >= 0.3 is 6.03 Å². The molecule has 0 saturated carbocycles. The number of pyridine rings is 1. The van der Waals surface area contributed by atoms with Crippen LogP contribution in [-0.2, 0) is 11.3 Å². The Kier molecular flexibility index (Phi) is 6.48. The van der Waals surface area contributed by atoms with Gasteiger partial charge in [-0.1, -0.05) is 0 Å². The molecule has 160 valence electrons. The Morgan fingerprint density at radius 2 is 2.00 bits per heavy atom. The van der Waals surface area contributed by atoms with E-state index in [0.29, 0.717) is 56.4 Å². The predicted molar refractivity (Wildman–Crippen MR) is 110 cm³/mol. The van der Waals surface area contributed by atoms with Crippen molar-refractivity contribution in [2.75, 3.05) is 44.2 Å². The fourth-order valence-corrected chi connectivity index (χ4v) is 3.74. The van der Waals surface area contributed by atoms with E-state index in [1.807, 2.05) is 6.07 Å². The van der Waals surface area contributed by atoms with Gasteiger partial charge in [0.1, 0.15) is 11.6 Å². The number of carbonyl (C=O) groups excluding carboxylic acids is 2. The van der Waals surface area contributed by atoms with Crippen molar-refractivity contribution < 1.29 is 18.7 Å². The minimum atomic E-state index is -0.146. The number of furan rings is 1. The summed E-state index contributed by atoms with van der Waals surface area (Å²) in [6.45, 7) is 3.96. The van der Waals surface area contributed by atoms with Crippen molar-refractivity contribution in [2.45, 2.75) is 25.5 Å². The van der Waals surface area contributed by atoms with Crippen molar-refractivity contribution >= 4 is 17.8 Å². The lowest BCUT2D eigenvalue weighted by molar-refractivity contribution is 0.0857. The lowest BCUT2D eigenvalue weighted by Crippen LogP contribution is -2.52. The quantitative estimate of drug-likeness (QED) is 0.747. The number of ether oxygens (including phenoxy) is 1. The molecule has 9 nitrogen and oxygen atoms in total. The second-order valence-electron chi connectivity index (χ2n) is 7.43. The Morgan fingerprint density at radius 3 is 2.73 bits per heavy atom. The van der Waals surface area contributed by atoms with E-state index in [0.717, 1.165) is 19.4 Å². The summed E-state index contributed by atoms with van der Waals surface area (Å²) >= 11 is 0. The van der Waals surface area contributed by atoms with E-state index in [-0.39, 0.29) is 18.0 Å². The first-order valence-electron chi connectivity index (χ1n) is 10.4. The molecule has 0 aromatic carbocycles. The van der Waals surface area contributed by atoms with Gasteiger partial charge in [-0.2, -0.15) is 0 Å². The van der Waals surface area contributed by atoms with Crippen LogP contribution in [0.4, 0.5) is 10.6 Å². The molecule has 9 heteroatoms. The number of nitrogens with zero attached hydrogens (tertiary/aromatic N) is 3. The average molecular weight is 413 g/mol. The van der Waals surface area contributed by atoms with E-state index in [2.05, 4.69) is 20.5 Å². The third-order valence-corrected chi connectivity index (χ3v) is 5.41. The number of hydrogen-bond donors (Lipinski definition) is 2. The molecule has 2 N–H and O–H groups in total. The van der Waals surface area contributed by atoms with E-state index in [4.69, 9.17) is 9.15 Å². The lowest BCUT2D eigenvalue weighted by atomic mass is 10.2. The highest BCUT2D eigenvalue weighted by atomic mass is 16.5. The molecule has 2 fully saturated rings. The molecule has 0 spiro atoms. The Labute approximate surface area is 175 Å². The van der Waals surface area contributed by atoms with Gasteiger partial charge in [-0.3, -0.25) is 4.79 Å². The van der Waals surface area contributed by atoms with Crippen molar-refractivity contribution in [2.24, 2.45) is 0 Å². The normalized spacial score (nSPS) is 19.0. The van der Waals surface area contributed by atoms with Crippen LogP contribution in [-0.4, -0.2) is 67.3 Å². The molecule has 4 rings (SSSR count). The first kappa shape index (κ1) is 20.2. The van der Waals surface area contributed by atoms with Crippen molar-refractivity contribution in [1.29, 1.82) is 0 Å². The first-order valence-corrected chi connectivity index (χ1v) is 10.4. The van der Waals surface area contributed by atoms with Crippen LogP contribution < -0.4 is 15.5 Å². The van der Waals surface area contributed by atoms with Gasteiger partial charge in [0.05, 0.1) is 24.5 Å². The van der Waals surface area contributed by atoms with Crippen LogP contribution in [0.5, 0.6) is 0 Å². The number of carbonyl (C=O) groups is 2. The number of hydrogen-bond acceptors (Lipinski definition) is 6. The predicted octanol–water partition coefficient (Wildman–Crippen LogP) is 1.62. The lowest BCUT2D eigenvalue weighted by Gasteiger charge is -2.36. The molecular formula is C21H27N5O4. The minimum absolute atomic E-state index is 0.0947. The second kappa shape index (κ2) is 9.62. The topological polar surface area (TPSA) is 99.9 Å². The monoisotopic (exact) mass is 413 g/mol. The van der Waals surface area contributed by atoms with E-state index in [1.54, 1.807) is 35.6 Å². The zero-order valence-electron chi connectivity index (χ0n) is 16.9. The third kappa shape index (κ3) is 4.91. The summed E-state index contributed by atoms with van der Waals surface area (Å²) in [5, 5.41) is 5.83. The molecule has 30 heavy (non-hydrogen) atoms. The van der Waals surface area contributed by atoms with E-state index in [1.165, 1.54) is 0 Å². The number of piperazine rings is 1. The Hall–Kier alpha value is -3.07. The van der Waals surface area contributed by atoms with Crippen LogP contribution in [0.15, 0.2) is 41.1 Å². The third-order valence-electron chi connectivity index (χ3n) is 5.41. The highest BCUT2D eigenvalue weighted by molar-refractivity contribution is 5.99. The van der Waals surface area contributed by atoms with Crippen molar-refractivity contribution in [3.05, 3.63) is 48.0 Å². The summed E-state index contributed by atoms with van der Waals surface area (Å²) in [6, 6.07) is 7.05. The molecule has 0 aliphatic carbocycles. The van der Waals surface area contributed by atoms with Crippen LogP contribution in [0.2, 0.25) is 0 Å². The minimum Gasteiger partial charge on any atom is -0.467 e. The molecule has 2 saturated heterocycles. The Bertz CT molecular complexity index is 843. The van der Waals surface area contributed by atoms with Gasteiger partial charge in [0.15, 0.2) is 0 Å². The summed E-state index contributed by atoms with van der Waals surface area (Å²) < 4.78 is 10.8.